The third-order valence-electron chi connectivity index (χ3n) is 8.22. The molecule has 7 aromatic rings. The minimum atomic E-state index is -3.86. The van der Waals surface area contributed by atoms with Gasteiger partial charge in [0.2, 0.25) is 0 Å². The number of aliphatic hydroxyl groups is 1. The number of benzene rings is 4. The molecule has 0 saturated carbocycles. The first-order valence-electron chi connectivity index (χ1n) is 15.2. The van der Waals surface area contributed by atoms with E-state index in [1.54, 1.807) is 49.1 Å². The van der Waals surface area contributed by atoms with Gasteiger partial charge in [-0.2, -0.15) is 22.9 Å². The molecule has 51 heavy (non-hydrogen) atoms. The highest BCUT2D eigenvalue weighted by Crippen LogP contribution is 2.38. The summed E-state index contributed by atoms with van der Waals surface area (Å²) in [6.07, 6.45) is 2.10. The van der Waals surface area contributed by atoms with Crippen molar-refractivity contribution in [3.63, 3.8) is 0 Å². The largest absolute Gasteiger partial charge is 0.379 e. The maximum Gasteiger partial charge on any atom is 0.308 e. The smallest absolute Gasteiger partial charge is 0.308 e. The van der Waals surface area contributed by atoms with Crippen molar-refractivity contribution in [2.24, 2.45) is 14.1 Å². The lowest BCUT2D eigenvalue weighted by Gasteiger charge is -2.17. The fourth-order valence-corrected chi connectivity index (χ4v) is 7.74. The maximum atomic E-state index is 12.6. The number of nitrogens with zero attached hydrogens (tertiary/aromatic N) is 7. The lowest BCUT2D eigenvalue weighted by Crippen LogP contribution is -2.30. The van der Waals surface area contributed by atoms with Gasteiger partial charge in [-0.25, -0.2) is 8.96 Å². The highest BCUT2D eigenvalue weighted by molar-refractivity contribution is 7.87. The second kappa shape index (κ2) is 14.4. The van der Waals surface area contributed by atoms with Gasteiger partial charge in [0.05, 0.1) is 5.69 Å². The van der Waals surface area contributed by atoms with Crippen LogP contribution in [0.25, 0.3) is 44.1 Å². The Kier molecular flexibility index (Phi) is 10.3. The number of carbonyl (C=O) groups is 1. The minimum Gasteiger partial charge on any atom is -0.379 e. The molecule has 4 aromatic carbocycles. The van der Waals surface area contributed by atoms with Crippen LogP contribution in [0.4, 0.5) is 0 Å². The molecule has 1 atom stereocenters. The van der Waals surface area contributed by atoms with Crippen molar-refractivity contribution < 1.29 is 18.3 Å². The Morgan fingerprint density at radius 3 is 1.82 bits per heavy atom. The van der Waals surface area contributed by atoms with Gasteiger partial charge in [0, 0.05) is 93.7 Å². The van der Waals surface area contributed by atoms with Crippen LogP contribution in [0.1, 0.15) is 28.1 Å². The van der Waals surface area contributed by atoms with Crippen molar-refractivity contribution in [2.75, 3.05) is 14.1 Å². The monoisotopic (exact) mass is 783 g/mol. The topological polar surface area (TPSA) is 128 Å². The third kappa shape index (κ3) is 6.76. The molecule has 7 rings (SSSR count). The molecule has 0 bridgehead atoms. The summed E-state index contributed by atoms with van der Waals surface area (Å²) in [4.78, 5) is 15.3. The van der Waals surface area contributed by atoms with Gasteiger partial charge in [0.15, 0.2) is 18.2 Å². The van der Waals surface area contributed by atoms with Gasteiger partial charge < -0.3 is 5.11 Å². The summed E-state index contributed by atoms with van der Waals surface area (Å²) < 4.78 is 30.4. The number of hydrogen-bond acceptors (Lipinski definition) is 7. The number of rotatable bonds is 7. The van der Waals surface area contributed by atoms with E-state index in [9.17, 15) is 18.3 Å². The molecule has 0 radical (unpaired) electrons. The first-order chi connectivity index (χ1) is 24.2. The van der Waals surface area contributed by atoms with Crippen LogP contribution < -0.4 is 0 Å². The summed E-state index contributed by atoms with van der Waals surface area (Å²) in [5.74, 6) is -0.0338. The van der Waals surface area contributed by atoms with Crippen LogP contribution in [0.3, 0.4) is 0 Å². The van der Waals surface area contributed by atoms with Gasteiger partial charge in [-0.1, -0.05) is 94.9 Å². The van der Waals surface area contributed by atoms with Crippen LogP contribution >= 0.6 is 46.4 Å². The predicted molar refractivity (Wildman–Crippen MR) is 202 cm³/mol. The molecular formula is C35H29Cl4N7O4S. The Labute approximate surface area is 313 Å². The van der Waals surface area contributed by atoms with E-state index in [2.05, 4.69) is 15.2 Å². The standard InChI is InChI=1S/C20H19Cl2N5O3S.C15H10Cl2N2O/c1-25(2)31(29,30)27-10-9-23-20(27)19(28)18-15-6-4-5-14(17(15)24-26(18)3)13-8-7-12(21)11-16(13)22;1-19-14(8-20)12-4-2-3-11(15(12)18-19)10-6-5-9(16)7-13(10)17/h4-11,19,28H,1-3H3;2-8H,1H3. The number of aldehydes is 1. The van der Waals surface area contributed by atoms with Crippen LogP contribution in [0.2, 0.25) is 20.1 Å². The SMILES string of the molecule is CN(C)S(=O)(=O)n1ccnc1C(O)c1c2cccc(-c3ccc(Cl)cc3Cl)c2nn1C.Cn1nc2c(-c3ccc(Cl)cc3Cl)cccc2c1C=O. The van der Waals surface area contributed by atoms with E-state index in [1.807, 2.05) is 42.5 Å². The molecular weight excluding hydrogens is 756 g/mol. The number of aryl methyl sites for hydroxylation is 2. The highest BCUT2D eigenvalue weighted by atomic mass is 35.5. The van der Waals surface area contributed by atoms with Crippen molar-refractivity contribution in [1.82, 2.24) is 32.8 Å². The average molecular weight is 786 g/mol. The van der Waals surface area contributed by atoms with E-state index in [0.29, 0.717) is 42.4 Å². The fraction of sp³-hybridized carbons (Fsp3) is 0.143. The van der Waals surface area contributed by atoms with Gasteiger partial charge in [-0.15, -0.1) is 0 Å². The summed E-state index contributed by atoms with van der Waals surface area (Å²) in [5.41, 5.74) is 5.54. The van der Waals surface area contributed by atoms with Crippen molar-refractivity contribution >= 4 is 84.7 Å². The highest BCUT2D eigenvalue weighted by Gasteiger charge is 2.29. The number of halogens is 4. The van der Waals surface area contributed by atoms with Gasteiger partial charge in [-0.05, 0) is 24.3 Å². The first kappa shape index (κ1) is 36.5. The van der Waals surface area contributed by atoms with Crippen molar-refractivity contribution in [1.29, 1.82) is 0 Å². The molecule has 0 fully saturated rings. The number of fused-ring (bicyclic) bond motifs is 2. The molecule has 0 aliphatic carbocycles. The molecule has 1 unspecified atom stereocenters. The van der Waals surface area contributed by atoms with E-state index in [-0.39, 0.29) is 5.82 Å². The van der Waals surface area contributed by atoms with E-state index in [1.165, 1.54) is 31.2 Å². The summed E-state index contributed by atoms with van der Waals surface area (Å²) >= 11 is 24.6. The van der Waals surface area contributed by atoms with Crippen molar-refractivity contribution in [3.05, 3.63) is 122 Å². The van der Waals surface area contributed by atoms with Gasteiger partial charge in [0.25, 0.3) is 0 Å². The molecule has 3 aromatic heterocycles. The normalized spacial score (nSPS) is 12.4. The molecule has 262 valence electrons. The zero-order valence-electron chi connectivity index (χ0n) is 27.5. The van der Waals surface area contributed by atoms with Crippen LogP contribution in [0.15, 0.2) is 85.2 Å². The molecule has 3 heterocycles. The summed E-state index contributed by atoms with van der Waals surface area (Å²) in [7, 11) is 2.39. The average Bonchev–Trinajstić information content (AvgIpc) is 3.79. The first-order valence-corrected chi connectivity index (χ1v) is 18.1. The van der Waals surface area contributed by atoms with Crippen molar-refractivity contribution in [3.8, 4) is 22.3 Å². The van der Waals surface area contributed by atoms with Crippen LogP contribution in [0.5, 0.6) is 0 Å². The minimum absolute atomic E-state index is 0.0338. The number of carbonyl (C=O) groups excluding carboxylic acids is 1. The summed E-state index contributed by atoms with van der Waals surface area (Å²) in [6, 6.07) is 21.7. The zero-order chi connectivity index (χ0) is 36.8. The molecule has 0 spiro atoms. The Hall–Kier alpha value is -4.27. The zero-order valence-corrected chi connectivity index (χ0v) is 31.3. The van der Waals surface area contributed by atoms with Gasteiger partial charge in [-0.3, -0.25) is 14.2 Å². The Bertz CT molecular complexity index is 2560. The number of hydrogen-bond donors (Lipinski definition) is 1. The van der Waals surface area contributed by atoms with E-state index < -0.39 is 16.3 Å². The quantitative estimate of drug-likeness (QED) is 0.163. The fourth-order valence-electron chi connectivity index (χ4n) is 5.77. The molecule has 11 nitrogen and oxygen atoms in total. The predicted octanol–water partition coefficient (Wildman–Crippen LogP) is 7.84. The Morgan fingerprint density at radius 2 is 1.29 bits per heavy atom. The lowest BCUT2D eigenvalue weighted by atomic mass is 10.0. The van der Waals surface area contributed by atoms with Crippen LogP contribution in [0, 0.1) is 0 Å². The molecule has 0 aliphatic rings. The Morgan fingerprint density at radius 1 is 0.765 bits per heavy atom. The second-order valence-electron chi connectivity index (χ2n) is 11.6. The lowest BCUT2D eigenvalue weighted by molar-refractivity contribution is 0.111. The summed E-state index contributed by atoms with van der Waals surface area (Å²) in [6.45, 7) is 0. The summed E-state index contributed by atoms with van der Waals surface area (Å²) in [5, 5.41) is 23.7. The van der Waals surface area contributed by atoms with Crippen LogP contribution in [-0.2, 0) is 24.3 Å². The number of aliphatic hydroxyl groups excluding tert-OH is 1. The van der Waals surface area contributed by atoms with Crippen molar-refractivity contribution in [2.45, 2.75) is 6.10 Å². The van der Waals surface area contributed by atoms with E-state index >= 15 is 0 Å². The Balaban J connectivity index is 0.000000193. The molecule has 1 N–H and O–H groups in total. The number of aromatic nitrogens is 6. The number of imidazole rings is 1. The molecule has 16 heteroatoms. The second-order valence-corrected chi connectivity index (χ2v) is 15.3. The van der Waals surface area contributed by atoms with Crippen LogP contribution in [-0.4, -0.2) is 66.7 Å². The molecule has 0 aliphatic heterocycles. The maximum absolute atomic E-state index is 12.6. The van der Waals surface area contributed by atoms with E-state index in [0.717, 1.165) is 47.7 Å². The van der Waals surface area contributed by atoms with Gasteiger partial charge in [0.1, 0.15) is 16.7 Å². The molecule has 0 amide bonds. The van der Waals surface area contributed by atoms with Gasteiger partial charge >= 0.3 is 10.2 Å². The van der Waals surface area contributed by atoms with E-state index in [4.69, 9.17) is 46.4 Å². The molecule has 0 saturated heterocycles. The third-order valence-corrected chi connectivity index (χ3v) is 11.0.